The van der Waals surface area contributed by atoms with E-state index < -0.39 is 11.2 Å². The summed E-state index contributed by atoms with van der Waals surface area (Å²) in [5.74, 6) is 0.826. The maximum absolute atomic E-state index is 9.46. The van der Waals surface area contributed by atoms with Crippen LogP contribution in [-0.2, 0) is 0 Å². The Balaban J connectivity index is 0.000000462. The second-order valence-electron chi connectivity index (χ2n) is 8.83. The Morgan fingerprint density at radius 1 is 1.00 bits per heavy atom. The summed E-state index contributed by atoms with van der Waals surface area (Å²) in [6.07, 6.45) is 11.4. The molecule has 3 heteroatoms. The topological polar surface area (TPSA) is 60.7 Å². The maximum atomic E-state index is 9.46. The summed E-state index contributed by atoms with van der Waals surface area (Å²) in [5, 5.41) is 27.5. The van der Waals surface area contributed by atoms with Crippen molar-refractivity contribution >= 4 is 0 Å². The van der Waals surface area contributed by atoms with Crippen molar-refractivity contribution in [3.63, 3.8) is 0 Å². The lowest BCUT2D eigenvalue weighted by atomic mass is 9.98. The SMILES string of the molecule is C/C(=C\CCO)CCCC(C)(C)O.C=C(CCCC(C)(C)O)C1CC1. The molecule has 0 unspecified atom stereocenters. The van der Waals surface area contributed by atoms with E-state index in [1.165, 1.54) is 24.0 Å². The average Bonchev–Trinajstić information content (AvgIpc) is 3.27. The van der Waals surface area contributed by atoms with Gasteiger partial charge >= 0.3 is 0 Å². The van der Waals surface area contributed by atoms with Gasteiger partial charge in [0.05, 0.1) is 11.2 Å². The van der Waals surface area contributed by atoms with E-state index in [-0.39, 0.29) is 6.61 Å². The highest BCUT2D eigenvalue weighted by atomic mass is 16.3. The molecule has 3 nitrogen and oxygen atoms in total. The Hall–Kier alpha value is -0.640. The highest BCUT2D eigenvalue weighted by Gasteiger charge is 2.24. The van der Waals surface area contributed by atoms with Gasteiger partial charge in [-0.05, 0) is 98.3 Å². The van der Waals surface area contributed by atoms with E-state index in [0.29, 0.717) is 0 Å². The smallest absolute Gasteiger partial charge is 0.0591 e. The molecule has 148 valence electrons. The predicted octanol–water partition coefficient (Wildman–Crippen LogP) is 5.15. The summed E-state index contributed by atoms with van der Waals surface area (Å²) in [4.78, 5) is 0. The molecule has 1 fully saturated rings. The molecule has 0 atom stereocenters. The molecule has 0 amide bonds. The van der Waals surface area contributed by atoms with Gasteiger partial charge in [-0.1, -0.05) is 23.8 Å². The molecule has 0 aromatic heterocycles. The van der Waals surface area contributed by atoms with Gasteiger partial charge in [0, 0.05) is 6.61 Å². The molecule has 1 aliphatic rings. The van der Waals surface area contributed by atoms with E-state index in [4.69, 9.17) is 5.11 Å². The fourth-order valence-corrected chi connectivity index (χ4v) is 2.66. The second-order valence-corrected chi connectivity index (χ2v) is 8.83. The molecule has 3 N–H and O–H groups in total. The summed E-state index contributed by atoms with van der Waals surface area (Å²) in [7, 11) is 0. The molecule has 25 heavy (non-hydrogen) atoms. The van der Waals surface area contributed by atoms with Crippen LogP contribution in [0.5, 0.6) is 0 Å². The van der Waals surface area contributed by atoms with Crippen molar-refractivity contribution in [2.45, 2.75) is 104 Å². The summed E-state index contributed by atoms with van der Waals surface area (Å²) in [6, 6.07) is 0. The summed E-state index contributed by atoms with van der Waals surface area (Å²) in [5.41, 5.74) is 1.67. The van der Waals surface area contributed by atoms with Crippen LogP contribution >= 0.6 is 0 Å². The van der Waals surface area contributed by atoms with Gasteiger partial charge < -0.3 is 15.3 Å². The summed E-state index contributed by atoms with van der Waals surface area (Å²) < 4.78 is 0. The summed E-state index contributed by atoms with van der Waals surface area (Å²) >= 11 is 0. The summed E-state index contributed by atoms with van der Waals surface area (Å²) in [6.45, 7) is 13.8. The quantitative estimate of drug-likeness (QED) is 0.450. The third-order valence-corrected chi connectivity index (χ3v) is 4.42. The Morgan fingerprint density at radius 2 is 1.48 bits per heavy atom. The first-order valence-electron chi connectivity index (χ1n) is 9.83. The van der Waals surface area contributed by atoms with E-state index >= 15 is 0 Å². The number of allylic oxidation sites excluding steroid dienone is 2. The Morgan fingerprint density at radius 3 is 1.88 bits per heavy atom. The largest absolute Gasteiger partial charge is 0.396 e. The minimum absolute atomic E-state index is 0.225. The van der Waals surface area contributed by atoms with Crippen LogP contribution in [0.2, 0.25) is 0 Å². The van der Waals surface area contributed by atoms with Gasteiger partial charge in [0.2, 0.25) is 0 Å². The van der Waals surface area contributed by atoms with Gasteiger partial charge in [-0.15, -0.1) is 0 Å². The number of rotatable bonds is 11. The lowest BCUT2D eigenvalue weighted by Crippen LogP contribution is -2.17. The van der Waals surface area contributed by atoms with Crippen molar-refractivity contribution in [2.75, 3.05) is 6.61 Å². The van der Waals surface area contributed by atoms with Crippen molar-refractivity contribution in [3.05, 3.63) is 23.8 Å². The molecule has 0 saturated heterocycles. The van der Waals surface area contributed by atoms with Gasteiger partial charge in [0.25, 0.3) is 0 Å². The van der Waals surface area contributed by atoms with Gasteiger partial charge in [0.1, 0.15) is 0 Å². The van der Waals surface area contributed by atoms with Crippen LogP contribution in [0.15, 0.2) is 23.8 Å². The Labute approximate surface area is 155 Å². The van der Waals surface area contributed by atoms with Crippen LogP contribution in [0, 0.1) is 5.92 Å². The standard InChI is InChI=1S/C11H22O2.C11H20O/c1-10(7-5-9-12)6-4-8-11(2,3)13;1-9(10-6-7-10)5-4-8-11(2,3)12/h7,12-13H,4-6,8-9H2,1-3H3;10,12H,1,4-8H2,2-3H3/b10-7+;. The highest BCUT2D eigenvalue weighted by Crippen LogP contribution is 2.37. The molecule has 0 aromatic carbocycles. The van der Waals surface area contributed by atoms with Crippen LogP contribution in [0.4, 0.5) is 0 Å². The molecule has 1 saturated carbocycles. The van der Waals surface area contributed by atoms with Crippen LogP contribution in [0.1, 0.15) is 92.4 Å². The maximum Gasteiger partial charge on any atom is 0.0591 e. The van der Waals surface area contributed by atoms with E-state index in [0.717, 1.165) is 50.9 Å². The van der Waals surface area contributed by atoms with E-state index in [9.17, 15) is 10.2 Å². The highest BCUT2D eigenvalue weighted by molar-refractivity contribution is 5.07. The van der Waals surface area contributed by atoms with Gasteiger partial charge in [-0.25, -0.2) is 0 Å². The number of hydrogen-bond acceptors (Lipinski definition) is 3. The zero-order valence-electron chi connectivity index (χ0n) is 17.3. The monoisotopic (exact) mass is 354 g/mol. The van der Waals surface area contributed by atoms with Crippen molar-refractivity contribution in [2.24, 2.45) is 5.92 Å². The molecule has 0 heterocycles. The van der Waals surface area contributed by atoms with Gasteiger partial charge in [0.15, 0.2) is 0 Å². The zero-order chi connectivity index (χ0) is 19.5. The third kappa shape index (κ3) is 18.0. The fourth-order valence-electron chi connectivity index (χ4n) is 2.66. The lowest BCUT2D eigenvalue weighted by Gasteiger charge is -2.16. The van der Waals surface area contributed by atoms with Crippen LogP contribution in [0.25, 0.3) is 0 Å². The molecule has 1 aliphatic carbocycles. The molecule has 0 spiro atoms. The molecule has 0 radical (unpaired) electrons. The fraction of sp³-hybridized carbons (Fsp3) is 0.818. The second kappa shape index (κ2) is 11.9. The Kier molecular flexibility index (Phi) is 11.6. The molecular formula is C22H42O3. The third-order valence-electron chi connectivity index (χ3n) is 4.42. The van der Waals surface area contributed by atoms with Gasteiger partial charge in [-0.3, -0.25) is 0 Å². The molecule has 0 aliphatic heterocycles. The first-order valence-corrected chi connectivity index (χ1v) is 9.83. The lowest BCUT2D eigenvalue weighted by molar-refractivity contribution is 0.0682. The normalized spacial score (nSPS) is 15.6. The predicted molar refractivity (Wildman–Crippen MR) is 108 cm³/mol. The van der Waals surface area contributed by atoms with Crippen molar-refractivity contribution in [1.82, 2.24) is 0 Å². The first kappa shape index (κ1) is 24.4. The number of hydrogen-bond donors (Lipinski definition) is 3. The Bertz CT molecular complexity index is 392. The van der Waals surface area contributed by atoms with Crippen molar-refractivity contribution in [1.29, 1.82) is 0 Å². The number of aliphatic hydroxyl groups excluding tert-OH is 1. The molecule has 0 bridgehead atoms. The van der Waals surface area contributed by atoms with E-state index in [2.05, 4.69) is 19.6 Å². The van der Waals surface area contributed by atoms with Gasteiger partial charge in [-0.2, -0.15) is 0 Å². The number of aliphatic hydroxyl groups is 3. The van der Waals surface area contributed by atoms with Crippen LogP contribution in [-0.4, -0.2) is 33.1 Å². The molecular weight excluding hydrogens is 312 g/mol. The minimum atomic E-state index is -0.544. The average molecular weight is 355 g/mol. The molecule has 1 rings (SSSR count). The van der Waals surface area contributed by atoms with Crippen molar-refractivity contribution in [3.8, 4) is 0 Å². The zero-order valence-corrected chi connectivity index (χ0v) is 17.3. The van der Waals surface area contributed by atoms with Crippen LogP contribution < -0.4 is 0 Å². The molecule has 0 aromatic rings. The van der Waals surface area contributed by atoms with E-state index in [1.807, 2.05) is 27.7 Å². The van der Waals surface area contributed by atoms with Crippen molar-refractivity contribution < 1.29 is 15.3 Å². The first-order chi connectivity index (χ1) is 11.4. The van der Waals surface area contributed by atoms with E-state index in [1.54, 1.807) is 0 Å². The minimum Gasteiger partial charge on any atom is -0.396 e. The van der Waals surface area contributed by atoms with Crippen LogP contribution in [0.3, 0.4) is 0 Å².